The molecule has 2 atom stereocenters. The average molecular weight is 514 g/mol. The third kappa shape index (κ3) is 5.44. The highest BCUT2D eigenvalue weighted by atomic mass is 35.5. The minimum Gasteiger partial charge on any atom is -0.481 e. The highest BCUT2D eigenvalue weighted by Crippen LogP contribution is 2.44. The first kappa shape index (κ1) is 24.8. The zero-order chi connectivity index (χ0) is 25.8. The number of carbonyl (C=O) groups is 1. The van der Waals surface area contributed by atoms with Crippen molar-refractivity contribution in [2.75, 3.05) is 0 Å². The van der Waals surface area contributed by atoms with Gasteiger partial charge in [0.1, 0.15) is 0 Å². The Labute approximate surface area is 219 Å². The van der Waals surface area contributed by atoms with Crippen molar-refractivity contribution < 1.29 is 14.3 Å². The molecule has 7 heteroatoms. The second-order valence-electron chi connectivity index (χ2n) is 9.41. The molecule has 0 amide bonds. The molecule has 37 heavy (non-hydrogen) atoms. The third-order valence-corrected chi connectivity index (χ3v) is 7.21. The SMILES string of the molecule is O=C(O)[C@@]1(Cc2ccc(Cl)c(-c3ncc(F)cn3)c2)CC[C@H](N=C(c2ccccc2)c2ccccc2)C1. The molecule has 0 spiro atoms. The van der Waals surface area contributed by atoms with Crippen LogP contribution in [0.3, 0.4) is 0 Å². The summed E-state index contributed by atoms with van der Waals surface area (Å²) in [7, 11) is 0. The highest BCUT2D eigenvalue weighted by molar-refractivity contribution is 6.33. The third-order valence-electron chi connectivity index (χ3n) is 6.88. The minimum absolute atomic E-state index is 0.126. The molecule has 1 aromatic heterocycles. The van der Waals surface area contributed by atoms with Crippen LogP contribution in [0.25, 0.3) is 11.4 Å². The van der Waals surface area contributed by atoms with Crippen LogP contribution >= 0.6 is 11.6 Å². The largest absolute Gasteiger partial charge is 0.481 e. The monoisotopic (exact) mass is 513 g/mol. The summed E-state index contributed by atoms with van der Waals surface area (Å²) < 4.78 is 13.3. The molecule has 3 aromatic carbocycles. The summed E-state index contributed by atoms with van der Waals surface area (Å²) in [6.07, 6.45) is 4.11. The maximum atomic E-state index is 13.3. The lowest BCUT2D eigenvalue weighted by Crippen LogP contribution is -2.31. The predicted molar refractivity (Wildman–Crippen MR) is 142 cm³/mol. The number of halogens is 2. The van der Waals surface area contributed by atoms with Gasteiger partial charge in [0, 0.05) is 16.7 Å². The van der Waals surface area contributed by atoms with Crippen molar-refractivity contribution in [2.24, 2.45) is 10.4 Å². The molecule has 5 nitrogen and oxygen atoms in total. The number of benzene rings is 3. The lowest BCUT2D eigenvalue weighted by Gasteiger charge is -2.24. The fourth-order valence-corrected chi connectivity index (χ4v) is 5.23. The topological polar surface area (TPSA) is 75.4 Å². The van der Waals surface area contributed by atoms with Crippen LogP contribution in [0.5, 0.6) is 0 Å². The standard InChI is InChI=1S/C30H25ClFN3O2/c31-26-12-11-20(15-25(26)28-33-18-23(32)19-34-28)16-30(29(36)37)14-13-24(17-30)35-27(21-7-3-1-4-8-21)22-9-5-2-6-10-22/h1-12,15,18-19,24H,13-14,16-17H2,(H,36,37)/t24-,30+/m0/s1. The maximum absolute atomic E-state index is 13.3. The molecule has 5 rings (SSSR count). The Bertz CT molecular complexity index is 1390. The summed E-state index contributed by atoms with van der Waals surface area (Å²) in [4.78, 5) is 25.8. The van der Waals surface area contributed by atoms with E-state index in [1.807, 2.05) is 66.7 Å². The lowest BCUT2D eigenvalue weighted by molar-refractivity contribution is -0.148. The van der Waals surface area contributed by atoms with Crippen molar-refractivity contribution >= 4 is 23.3 Å². The highest BCUT2D eigenvalue weighted by Gasteiger charge is 2.45. The van der Waals surface area contributed by atoms with Gasteiger partial charge in [0.25, 0.3) is 0 Å². The number of hydrogen-bond acceptors (Lipinski definition) is 4. The van der Waals surface area contributed by atoms with E-state index in [0.717, 1.165) is 34.8 Å². The van der Waals surface area contributed by atoms with Crippen LogP contribution in [-0.2, 0) is 11.2 Å². The van der Waals surface area contributed by atoms with E-state index in [1.165, 1.54) is 0 Å². The molecule has 1 heterocycles. The van der Waals surface area contributed by atoms with E-state index in [4.69, 9.17) is 16.6 Å². The number of carboxylic acid groups (broad SMARTS) is 1. The van der Waals surface area contributed by atoms with E-state index in [1.54, 1.807) is 12.1 Å². The van der Waals surface area contributed by atoms with Gasteiger partial charge in [-0.1, -0.05) is 78.3 Å². The van der Waals surface area contributed by atoms with Gasteiger partial charge >= 0.3 is 5.97 Å². The number of nitrogens with zero attached hydrogens (tertiary/aromatic N) is 3. The summed E-state index contributed by atoms with van der Waals surface area (Å²) in [5.41, 5.74) is 3.27. The van der Waals surface area contributed by atoms with Crippen LogP contribution in [0.4, 0.5) is 4.39 Å². The summed E-state index contributed by atoms with van der Waals surface area (Å²) in [6.45, 7) is 0. The molecular formula is C30H25ClFN3O2. The molecular weight excluding hydrogens is 489 g/mol. The number of aliphatic imine (C=N–C) groups is 1. The zero-order valence-corrected chi connectivity index (χ0v) is 20.8. The number of rotatable bonds is 7. The van der Waals surface area contributed by atoms with Gasteiger partial charge in [-0.15, -0.1) is 0 Å². The van der Waals surface area contributed by atoms with Gasteiger partial charge in [-0.2, -0.15) is 0 Å². The van der Waals surface area contributed by atoms with Crippen molar-refractivity contribution in [3.63, 3.8) is 0 Å². The van der Waals surface area contributed by atoms with Crippen LogP contribution < -0.4 is 0 Å². The number of hydrogen-bond donors (Lipinski definition) is 1. The molecule has 0 radical (unpaired) electrons. The van der Waals surface area contributed by atoms with Crippen molar-refractivity contribution in [3.05, 3.63) is 119 Å². The van der Waals surface area contributed by atoms with E-state index >= 15 is 0 Å². The Morgan fingerprint density at radius 1 is 1.00 bits per heavy atom. The molecule has 1 fully saturated rings. The molecule has 1 N–H and O–H groups in total. The van der Waals surface area contributed by atoms with Crippen molar-refractivity contribution in [1.82, 2.24) is 9.97 Å². The Morgan fingerprint density at radius 2 is 1.62 bits per heavy atom. The zero-order valence-electron chi connectivity index (χ0n) is 20.0. The lowest BCUT2D eigenvalue weighted by atomic mass is 9.79. The second-order valence-corrected chi connectivity index (χ2v) is 9.81. The van der Waals surface area contributed by atoms with Gasteiger partial charge in [-0.3, -0.25) is 9.79 Å². The molecule has 0 bridgehead atoms. The molecule has 0 aliphatic heterocycles. The van der Waals surface area contributed by atoms with Crippen molar-refractivity contribution in [2.45, 2.75) is 31.7 Å². The smallest absolute Gasteiger partial charge is 0.310 e. The van der Waals surface area contributed by atoms with Crippen molar-refractivity contribution in [1.29, 1.82) is 0 Å². The first-order chi connectivity index (χ1) is 17.9. The number of aromatic nitrogens is 2. The van der Waals surface area contributed by atoms with Crippen LogP contribution in [0.15, 0.2) is 96.2 Å². The fraction of sp³-hybridized carbons (Fsp3) is 0.200. The fourth-order valence-electron chi connectivity index (χ4n) is 5.02. The van der Waals surface area contributed by atoms with Gasteiger partial charge in [-0.25, -0.2) is 14.4 Å². The molecule has 1 aliphatic carbocycles. The predicted octanol–water partition coefficient (Wildman–Crippen LogP) is 6.64. The Hall–Kier alpha value is -3.90. The first-order valence-electron chi connectivity index (χ1n) is 12.1. The Morgan fingerprint density at radius 3 is 2.22 bits per heavy atom. The van der Waals surface area contributed by atoms with E-state index in [2.05, 4.69) is 9.97 Å². The van der Waals surface area contributed by atoms with Crippen LogP contribution in [0.2, 0.25) is 5.02 Å². The molecule has 1 aliphatic rings. The molecule has 4 aromatic rings. The summed E-state index contributed by atoms with van der Waals surface area (Å²) in [5.74, 6) is -1.08. The van der Waals surface area contributed by atoms with Gasteiger partial charge in [0.15, 0.2) is 11.6 Å². The molecule has 1 saturated carbocycles. The number of carboxylic acids is 1. The Kier molecular flexibility index (Phi) is 7.10. The van der Waals surface area contributed by atoms with E-state index < -0.39 is 17.2 Å². The van der Waals surface area contributed by atoms with Crippen LogP contribution in [0, 0.1) is 11.2 Å². The van der Waals surface area contributed by atoms with Gasteiger partial charge in [-0.05, 0) is 43.4 Å². The maximum Gasteiger partial charge on any atom is 0.310 e. The quantitative estimate of drug-likeness (QED) is 0.281. The molecule has 186 valence electrons. The van der Waals surface area contributed by atoms with Crippen molar-refractivity contribution in [3.8, 4) is 11.4 Å². The van der Waals surface area contributed by atoms with E-state index in [-0.39, 0.29) is 6.04 Å². The van der Waals surface area contributed by atoms with Crippen LogP contribution in [0.1, 0.15) is 36.0 Å². The van der Waals surface area contributed by atoms with Gasteiger partial charge in [0.2, 0.25) is 0 Å². The first-order valence-corrected chi connectivity index (χ1v) is 12.5. The molecule has 0 saturated heterocycles. The van der Waals surface area contributed by atoms with E-state index in [0.29, 0.717) is 42.1 Å². The second kappa shape index (κ2) is 10.6. The van der Waals surface area contributed by atoms with Crippen LogP contribution in [-0.4, -0.2) is 32.8 Å². The average Bonchev–Trinajstić information content (AvgIpc) is 3.34. The summed E-state index contributed by atoms with van der Waals surface area (Å²) in [5, 5.41) is 10.8. The summed E-state index contributed by atoms with van der Waals surface area (Å²) >= 11 is 6.37. The van der Waals surface area contributed by atoms with Gasteiger partial charge < -0.3 is 5.11 Å². The minimum atomic E-state index is -0.957. The molecule has 0 unspecified atom stereocenters. The van der Waals surface area contributed by atoms with Gasteiger partial charge in [0.05, 0.1) is 34.6 Å². The Balaban J connectivity index is 1.44. The number of aliphatic carboxylic acids is 1. The van der Waals surface area contributed by atoms with E-state index in [9.17, 15) is 14.3 Å². The summed E-state index contributed by atoms with van der Waals surface area (Å²) in [6, 6.07) is 25.2. The normalized spacial score (nSPS) is 18.9.